The first-order valence-electron chi connectivity index (χ1n) is 28.8. The molecule has 6 saturated heterocycles. The monoisotopic (exact) mass is 1160 g/mol. The first-order valence-corrected chi connectivity index (χ1v) is 29.1. The predicted octanol–water partition coefficient (Wildman–Crippen LogP) is 12.2. The number of aromatic nitrogens is 4. The number of benzene rings is 2. The summed E-state index contributed by atoms with van der Waals surface area (Å²) in [4.78, 5) is 25.9. The van der Waals surface area contributed by atoms with Crippen molar-refractivity contribution in [3.05, 3.63) is 65.7 Å². The minimum Gasteiger partial charge on any atom is -0.486 e. The van der Waals surface area contributed by atoms with Crippen LogP contribution in [0.2, 0.25) is 5.28 Å². The van der Waals surface area contributed by atoms with Crippen molar-refractivity contribution in [2.45, 2.75) is 205 Å². The van der Waals surface area contributed by atoms with Gasteiger partial charge in [-0.2, -0.15) is 27.5 Å². The first kappa shape index (κ1) is 61.8. The minimum absolute atomic E-state index is 0.00344. The van der Waals surface area contributed by atoms with Crippen LogP contribution in [0.15, 0.2) is 48.8 Å². The largest absolute Gasteiger partial charge is 0.486 e. The van der Waals surface area contributed by atoms with Gasteiger partial charge in [-0.3, -0.25) is 9.80 Å². The van der Waals surface area contributed by atoms with Crippen molar-refractivity contribution in [3.8, 4) is 23.0 Å². The normalized spacial score (nSPS) is 23.5. The lowest BCUT2D eigenvalue weighted by molar-refractivity contribution is -0.0531. The molecule has 6 fully saturated rings. The van der Waals surface area contributed by atoms with Gasteiger partial charge in [-0.05, 0) is 181 Å². The standard InChI is InChI=1S/C29H41F3N6O2.C15H22F2N2O2.C14H20ClFN4/c1-18(2)37-12-9-22(10-13-37)39-24-8-7-19(15-25(24)40-27(31)32)35-28-33-17-23(30)26(36-28)34-20-14-21-6-5-11-38(21)29(3,4)16-20;1-10(2)19-7-5-12(6-8-19)20-13-4-3-11(18)9-14(13)21-15(16)17;1-14(2)7-9(6-10-4-3-5-20(10)14)18-12-11(16)8-17-13(15)19-12/h7-8,15,17-18,20-22,27H,5-6,9-14,16H2,1-4H3,(H2,33,34,35,36);3-4,9-10,12,15H,5-8,18H2,1-2H3;8-10H,3-7H2,1-2H3,(H,17,18,19). The van der Waals surface area contributed by atoms with Gasteiger partial charge in [0.05, 0.1) is 12.4 Å². The molecule has 4 aromatic rings. The average molecular weight is 1160 g/mol. The highest BCUT2D eigenvalue weighted by molar-refractivity contribution is 6.28. The van der Waals surface area contributed by atoms with Gasteiger partial charge in [-0.1, -0.05) is 0 Å². The maximum atomic E-state index is 14.7. The first-order chi connectivity index (χ1) is 38.5. The van der Waals surface area contributed by atoms with Crippen molar-refractivity contribution < 1.29 is 45.3 Å². The van der Waals surface area contributed by atoms with Gasteiger partial charge in [0.25, 0.3) is 0 Å². The van der Waals surface area contributed by atoms with Crippen LogP contribution in [0.4, 0.5) is 55.3 Å². The third-order valence-electron chi connectivity index (χ3n) is 16.7. The molecule has 16 nitrogen and oxygen atoms in total. The molecule has 0 radical (unpaired) electrons. The molecule has 0 amide bonds. The van der Waals surface area contributed by atoms with Crippen molar-refractivity contribution in [2.24, 2.45) is 0 Å². The summed E-state index contributed by atoms with van der Waals surface area (Å²) in [5, 5.41) is 9.60. The van der Waals surface area contributed by atoms with Gasteiger partial charge in [0.15, 0.2) is 46.3 Å². The number of halogens is 7. The molecule has 0 saturated carbocycles. The lowest BCUT2D eigenvalue weighted by Crippen LogP contribution is -2.55. The number of anilines is 5. The molecule has 4 atom stereocenters. The number of alkyl halides is 4. The number of piperidine rings is 4. The van der Waals surface area contributed by atoms with Gasteiger partial charge in [0.1, 0.15) is 12.2 Å². The van der Waals surface area contributed by atoms with Crippen molar-refractivity contribution >= 4 is 40.6 Å². The molecule has 10 rings (SSSR count). The molecule has 6 aliphatic rings. The molecule has 2 aromatic heterocycles. The third-order valence-corrected chi connectivity index (χ3v) is 16.8. The average Bonchev–Trinajstić information content (AvgIpc) is 4.18. The molecule has 2 aromatic carbocycles. The highest BCUT2D eigenvalue weighted by Crippen LogP contribution is 2.41. The maximum Gasteiger partial charge on any atom is 0.387 e. The Hall–Kier alpha value is -5.29. The van der Waals surface area contributed by atoms with E-state index in [0.717, 1.165) is 103 Å². The molecule has 0 bridgehead atoms. The van der Waals surface area contributed by atoms with E-state index in [2.05, 4.69) is 116 Å². The molecule has 0 aliphatic carbocycles. The van der Waals surface area contributed by atoms with Crippen LogP contribution in [-0.2, 0) is 0 Å². The molecule has 6 aliphatic heterocycles. The van der Waals surface area contributed by atoms with Crippen molar-refractivity contribution in [2.75, 3.05) is 61.0 Å². The molecule has 81 heavy (non-hydrogen) atoms. The van der Waals surface area contributed by atoms with Gasteiger partial charge in [0.2, 0.25) is 11.2 Å². The molecule has 448 valence electrons. The summed E-state index contributed by atoms with van der Waals surface area (Å²) < 4.78 is 101. The maximum absolute atomic E-state index is 14.7. The van der Waals surface area contributed by atoms with Crippen LogP contribution in [0, 0.1) is 11.6 Å². The molecular weight excluding hydrogens is 1080 g/mol. The van der Waals surface area contributed by atoms with E-state index in [1.54, 1.807) is 24.3 Å². The number of nitrogens with one attached hydrogen (secondary N) is 3. The second-order valence-corrected chi connectivity index (χ2v) is 24.4. The van der Waals surface area contributed by atoms with Crippen LogP contribution < -0.4 is 40.6 Å². The fourth-order valence-corrected chi connectivity index (χ4v) is 12.9. The number of nitrogens with zero attached hydrogens (tertiary/aromatic N) is 8. The van der Waals surface area contributed by atoms with E-state index in [-0.39, 0.29) is 75.5 Å². The smallest absolute Gasteiger partial charge is 0.387 e. The molecule has 0 spiro atoms. The number of fused-ring (bicyclic) bond motifs is 2. The fourth-order valence-electron chi connectivity index (χ4n) is 12.8. The van der Waals surface area contributed by atoms with E-state index >= 15 is 0 Å². The van der Waals surface area contributed by atoms with Gasteiger partial charge < -0.3 is 50.4 Å². The quantitative estimate of drug-likeness (QED) is 0.0476. The van der Waals surface area contributed by atoms with Crippen molar-refractivity contribution in [1.29, 1.82) is 0 Å². The highest BCUT2D eigenvalue weighted by Gasteiger charge is 2.44. The van der Waals surface area contributed by atoms with Crippen LogP contribution in [0.3, 0.4) is 0 Å². The zero-order chi connectivity index (χ0) is 58.2. The Morgan fingerprint density at radius 1 is 0.605 bits per heavy atom. The van der Waals surface area contributed by atoms with Crippen LogP contribution >= 0.6 is 11.6 Å². The lowest BCUT2D eigenvalue weighted by atomic mass is 9.84. The molecule has 5 N–H and O–H groups in total. The zero-order valence-corrected chi connectivity index (χ0v) is 48.8. The number of hydrogen-bond donors (Lipinski definition) is 4. The number of ether oxygens (including phenoxy) is 4. The Balaban J connectivity index is 0.000000176. The molecule has 4 unspecified atom stereocenters. The molecular formula is C58H83ClF6N12O4. The Bertz CT molecular complexity index is 2670. The number of nitrogen functional groups attached to an aromatic ring is 1. The Labute approximate surface area is 478 Å². The predicted molar refractivity (Wildman–Crippen MR) is 304 cm³/mol. The second kappa shape index (κ2) is 27.4. The summed E-state index contributed by atoms with van der Waals surface area (Å²) in [5.41, 5.74) is 6.56. The summed E-state index contributed by atoms with van der Waals surface area (Å²) in [6, 6.07) is 11.7. The fraction of sp³-hybridized carbons (Fsp3) is 0.655. The summed E-state index contributed by atoms with van der Waals surface area (Å²) in [6.07, 6.45) is 14.2. The summed E-state index contributed by atoms with van der Waals surface area (Å²) in [6.45, 7) is 17.7. The Morgan fingerprint density at radius 2 is 1.06 bits per heavy atom. The van der Waals surface area contributed by atoms with Gasteiger partial charge in [-0.15, -0.1) is 0 Å². The van der Waals surface area contributed by atoms with E-state index < -0.39 is 24.9 Å². The minimum atomic E-state index is -3.01. The second-order valence-electron chi connectivity index (χ2n) is 24.0. The Kier molecular flexibility index (Phi) is 20.9. The van der Waals surface area contributed by atoms with Crippen LogP contribution in [0.1, 0.15) is 132 Å². The van der Waals surface area contributed by atoms with Gasteiger partial charge in [0, 0.05) is 97.0 Å². The highest BCUT2D eigenvalue weighted by atomic mass is 35.5. The van der Waals surface area contributed by atoms with Gasteiger partial charge in [-0.25, -0.2) is 18.7 Å². The number of hydrogen-bond acceptors (Lipinski definition) is 16. The number of rotatable bonds is 16. The van der Waals surface area contributed by atoms with Gasteiger partial charge >= 0.3 is 13.2 Å². The van der Waals surface area contributed by atoms with E-state index in [1.165, 1.54) is 37.9 Å². The van der Waals surface area contributed by atoms with Crippen LogP contribution in [0.25, 0.3) is 0 Å². The SMILES string of the molecule is CC(C)N1CCC(Oc2ccc(N)cc2OC(F)F)CC1.CC(C)N1CCC(Oc2ccc(Nc3ncc(F)c(NC4CC5CCCN5C(C)(C)C4)n3)cc2OC(F)F)CC1.CC1(C)CC(Nc2nc(Cl)ncc2F)CC2CCCN21. The molecule has 23 heteroatoms. The summed E-state index contributed by atoms with van der Waals surface area (Å²) in [7, 11) is 0. The van der Waals surface area contributed by atoms with E-state index in [9.17, 15) is 26.3 Å². The van der Waals surface area contributed by atoms with E-state index in [1.807, 2.05) is 0 Å². The summed E-state index contributed by atoms with van der Waals surface area (Å²) >= 11 is 5.74. The zero-order valence-electron chi connectivity index (χ0n) is 48.1. The molecule has 8 heterocycles. The van der Waals surface area contributed by atoms with Crippen LogP contribution in [0.5, 0.6) is 23.0 Å². The number of likely N-dealkylation sites (tertiary alicyclic amines) is 2. The number of nitrogens with two attached hydrogens (primary N) is 1. The van der Waals surface area contributed by atoms with Crippen LogP contribution in [-0.4, -0.2) is 152 Å². The topological polar surface area (TPSA) is 164 Å². The Morgan fingerprint density at radius 3 is 1.54 bits per heavy atom. The lowest BCUT2D eigenvalue weighted by Gasteiger charge is -2.47. The van der Waals surface area contributed by atoms with Crippen molar-refractivity contribution in [3.63, 3.8) is 0 Å². The van der Waals surface area contributed by atoms with E-state index in [0.29, 0.717) is 41.3 Å². The van der Waals surface area contributed by atoms with E-state index in [4.69, 9.17) is 31.5 Å². The third kappa shape index (κ3) is 16.9. The van der Waals surface area contributed by atoms with Crippen molar-refractivity contribution in [1.82, 2.24) is 39.5 Å². The summed E-state index contributed by atoms with van der Waals surface area (Å²) in [5.74, 6) is 0.0309.